The smallest absolute Gasteiger partial charge is 0.167 e. The summed E-state index contributed by atoms with van der Waals surface area (Å²) in [5.41, 5.74) is 1.59. The first-order valence-corrected chi connectivity index (χ1v) is 4.11. The van der Waals surface area contributed by atoms with Crippen LogP contribution in [0.5, 0.6) is 0 Å². The van der Waals surface area contributed by atoms with Crippen molar-refractivity contribution in [3.63, 3.8) is 0 Å². The van der Waals surface area contributed by atoms with Crippen molar-refractivity contribution in [2.75, 3.05) is 0 Å². The Kier molecular flexibility index (Phi) is 1.93. The number of hydrogen-bond donors (Lipinski definition) is 0. The normalized spacial score (nSPS) is 15.9. The van der Waals surface area contributed by atoms with E-state index in [0.29, 0.717) is 0 Å². The molecule has 0 aromatic carbocycles. The van der Waals surface area contributed by atoms with Gasteiger partial charge in [-0.25, -0.2) is 0 Å². The maximum absolute atomic E-state index is 5.35. The Hall–Kier alpha value is -0.892. The maximum Gasteiger partial charge on any atom is 0.167 e. The zero-order valence-corrected chi connectivity index (χ0v) is 9.99. The van der Waals surface area contributed by atoms with Gasteiger partial charge < -0.3 is 14.0 Å². The number of fused-ring (bicyclic) bond motifs is 3. The molecule has 14 heavy (non-hydrogen) atoms. The largest absolute Gasteiger partial charge is 0.459 e. The first-order valence-electron chi connectivity index (χ1n) is 4.11. The van der Waals surface area contributed by atoms with Gasteiger partial charge in [0.1, 0.15) is 5.76 Å². The van der Waals surface area contributed by atoms with E-state index in [9.17, 15) is 0 Å². The molecule has 3 rings (SSSR count). The van der Waals surface area contributed by atoms with Crippen LogP contribution >= 0.6 is 0 Å². The van der Waals surface area contributed by atoms with Crippen molar-refractivity contribution >= 4 is 0 Å². The molecule has 0 spiro atoms. The average molecular weight is 369 g/mol. The second-order valence-electron chi connectivity index (χ2n) is 3.66. The molecule has 0 saturated heterocycles. The van der Waals surface area contributed by atoms with Gasteiger partial charge in [-0.15, -0.1) is 0 Å². The number of nitrogens with zero attached hydrogens (tertiary/aromatic N) is 3. The Morgan fingerprint density at radius 3 is 3.07 bits per heavy atom. The fourth-order valence-electron chi connectivity index (χ4n) is 1.81. The van der Waals surface area contributed by atoms with Gasteiger partial charge in [-0.1, -0.05) is 6.20 Å². The third-order valence-corrected chi connectivity index (χ3v) is 2.53. The number of imidazole rings is 1. The molecule has 0 N–H and O–H groups in total. The molecule has 0 saturated carbocycles. The van der Waals surface area contributed by atoms with Crippen LogP contribution in [0.2, 0.25) is 0 Å². The summed E-state index contributed by atoms with van der Waals surface area (Å²) in [7, 11) is 0. The van der Waals surface area contributed by atoms with Crippen molar-refractivity contribution in [2.24, 2.45) is 0 Å². The quantitative estimate of drug-likeness (QED) is 0.660. The summed E-state index contributed by atoms with van der Waals surface area (Å²) in [6.07, 6.45) is 6.13. The first kappa shape index (κ1) is 9.66. The van der Waals surface area contributed by atoms with E-state index < -0.39 is 0 Å². The molecule has 0 atom stereocenters. The molecule has 0 bridgehead atoms. The second-order valence-corrected chi connectivity index (χ2v) is 3.66. The number of hydrogen-bond acceptors (Lipinski definition) is 3. The molecular weight excluding hydrogens is 361 g/mol. The van der Waals surface area contributed by atoms with Gasteiger partial charge in [0.2, 0.25) is 0 Å². The Bertz CT molecular complexity index is 430. The van der Waals surface area contributed by atoms with E-state index in [1.54, 1.807) is 6.33 Å². The topological polar surface area (TPSA) is 43.9 Å². The van der Waals surface area contributed by atoms with Gasteiger partial charge in [-0.2, -0.15) is 0 Å². The van der Waals surface area contributed by atoms with Crippen LogP contribution < -0.4 is 0 Å². The minimum Gasteiger partial charge on any atom is -0.459 e. The number of rotatable bonds is 0. The predicted molar refractivity (Wildman–Crippen MR) is 45.0 cm³/mol. The van der Waals surface area contributed by atoms with Crippen LogP contribution in [0, 0.1) is 6.20 Å². The molecule has 0 fully saturated rings. The third kappa shape index (κ3) is 0.921. The molecule has 0 aliphatic carbocycles. The molecule has 2 aromatic heterocycles. The minimum atomic E-state index is -0.186. The molecular formula is C9H8N3OPt-. The Morgan fingerprint density at radius 2 is 2.29 bits per heavy atom. The van der Waals surface area contributed by atoms with E-state index in [1.165, 1.54) is 6.39 Å². The zero-order valence-electron chi connectivity index (χ0n) is 7.72. The van der Waals surface area contributed by atoms with Crippen molar-refractivity contribution < 1.29 is 25.5 Å². The molecule has 1 aliphatic rings. The fraction of sp³-hybridized carbons (Fsp3) is 0.333. The van der Waals surface area contributed by atoms with Gasteiger partial charge >= 0.3 is 0 Å². The molecule has 0 amide bonds. The second kappa shape index (κ2) is 2.80. The summed E-state index contributed by atoms with van der Waals surface area (Å²) in [5, 5.41) is 0. The molecule has 1 aliphatic heterocycles. The molecule has 76 valence electrons. The molecule has 0 radical (unpaired) electrons. The Labute approximate surface area is 95.6 Å². The summed E-state index contributed by atoms with van der Waals surface area (Å²) in [6, 6.07) is 0. The van der Waals surface area contributed by atoms with Gasteiger partial charge in [0.05, 0.1) is 5.54 Å². The summed E-state index contributed by atoms with van der Waals surface area (Å²) < 4.78 is 7.37. The molecule has 3 heterocycles. The van der Waals surface area contributed by atoms with Crippen LogP contribution in [-0.2, 0) is 26.6 Å². The Balaban J connectivity index is 0.000000750. The Morgan fingerprint density at radius 1 is 1.50 bits per heavy atom. The number of oxazole rings is 1. The van der Waals surface area contributed by atoms with E-state index in [-0.39, 0.29) is 26.6 Å². The third-order valence-electron chi connectivity index (χ3n) is 2.53. The van der Waals surface area contributed by atoms with Crippen LogP contribution in [0.3, 0.4) is 0 Å². The maximum atomic E-state index is 5.35. The van der Waals surface area contributed by atoms with Crippen LogP contribution in [0.25, 0.3) is 11.4 Å². The van der Waals surface area contributed by atoms with Crippen molar-refractivity contribution in [3.05, 3.63) is 24.7 Å². The standard InChI is InChI=1S/C9H8N3O.Pt/c1-9(2)8-7(11-5-13-8)6-3-10-4-12(6)9;/h4-5H,1-2H3;/q-1;. The molecule has 0 unspecified atom stereocenters. The summed E-state index contributed by atoms with van der Waals surface area (Å²) in [6.45, 7) is 4.14. The first-order chi connectivity index (χ1) is 6.21. The average Bonchev–Trinajstić information content (AvgIpc) is 2.74. The van der Waals surface area contributed by atoms with Crippen molar-refractivity contribution in [3.8, 4) is 11.4 Å². The van der Waals surface area contributed by atoms with Crippen molar-refractivity contribution in [1.29, 1.82) is 0 Å². The summed E-state index contributed by atoms with van der Waals surface area (Å²) in [5.74, 6) is 0.890. The monoisotopic (exact) mass is 369 g/mol. The predicted octanol–water partition coefficient (Wildman–Crippen LogP) is 1.43. The van der Waals surface area contributed by atoms with Gasteiger partial charge in [-0.3, -0.25) is 4.98 Å². The van der Waals surface area contributed by atoms with Crippen LogP contribution in [-0.4, -0.2) is 14.5 Å². The minimum absolute atomic E-state index is 0. The van der Waals surface area contributed by atoms with Crippen molar-refractivity contribution in [2.45, 2.75) is 19.4 Å². The fourth-order valence-corrected chi connectivity index (χ4v) is 1.81. The summed E-state index contributed by atoms with van der Waals surface area (Å²) in [4.78, 5) is 8.12. The van der Waals surface area contributed by atoms with E-state index >= 15 is 0 Å². The van der Waals surface area contributed by atoms with E-state index in [2.05, 4.69) is 30.0 Å². The summed E-state index contributed by atoms with van der Waals surface area (Å²) >= 11 is 0. The van der Waals surface area contributed by atoms with Gasteiger partial charge in [0, 0.05) is 26.8 Å². The van der Waals surface area contributed by atoms with Crippen LogP contribution in [0.1, 0.15) is 19.6 Å². The molecule has 2 aromatic rings. The van der Waals surface area contributed by atoms with E-state index in [4.69, 9.17) is 4.42 Å². The SMILES string of the molecule is CC1(C)c2ocnc2-c2[c-]ncn21.[Pt]. The van der Waals surface area contributed by atoms with Crippen LogP contribution in [0.15, 0.2) is 17.1 Å². The van der Waals surface area contributed by atoms with Crippen LogP contribution in [0.4, 0.5) is 0 Å². The zero-order chi connectivity index (χ0) is 9.05. The number of aromatic nitrogens is 3. The molecule has 5 heteroatoms. The van der Waals surface area contributed by atoms with E-state index in [1.807, 2.05) is 4.57 Å². The van der Waals surface area contributed by atoms with E-state index in [0.717, 1.165) is 17.1 Å². The van der Waals surface area contributed by atoms with Crippen molar-refractivity contribution in [1.82, 2.24) is 14.5 Å². The van der Waals surface area contributed by atoms with Gasteiger partial charge in [-0.05, 0) is 25.9 Å². The van der Waals surface area contributed by atoms with Gasteiger partial charge in [0.25, 0.3) is 0 Å². The van der Waals surface area contributed by atoms with Gasteiger partial charge in [0.15, 0.2) is 6.39 Å². The molecule has 4 nitrogen and oxygen atoms in total.